The topological polar surface area (TPSA) is 104 Å². The van der Waals surface area contributed by atoms with E-state index < -0.39 is 23.6 Å². The van der Waals surface area contributed by atoms with Gasteiger partial charge in [-0.2, -0.15) is 13.2 Å². The maximum atomic E-state index is 13.1. The number of alkyl halides is 3. The summed E-state index contributed by atoms with van der Waals surface area (Å²) in [6.07, 6.45) is -4.60. The molecule has 0 aliphatic carbocycles. The van der Waals surface area contributed by atoms with Crippen LogP contribution in [-0.2, 0) is 11.0 Å². The molecule has 7 nitrogen and oxygen atoms in total. The second-order valence-corrected chi connectivity index (χ2v) is 8.96. The predicted molar refractivity (Wildman–Crippen MR) is 124 cm³/mol. The van der Waals surface area contributed by atoms with E-state index in [1.807, 2.05) is 0 Å². The van der Waals surface area contributed by atoms with Gasteiger partial charge in [0.1, 0.15) is 5.69 Å². The summed E-state index contributed by atoms with van der Waals surface area (Å²) in [6, 6.07) is 9.53. The van der Waals surface area contributed by atoms with Gasteiger partial charge in [0.2, 0.25) is 5.91 Å². The van der Waals surface area contributed by atoms with E-state index in [0.29, 0.717) is 21.6 Å². The molecule has 0 saturated carbocycles. The Labute approximate surface area is 199 Å². The zero-order valence-corrected chi connectivity index (χ0v) is 18.9. The van der Waals surface area contributed by atoms with Gasteiger partial charge in [0, 0.05) is 17.7 Å². The van der Waals surface area contributed by atoms with Crippen LogP contribution in [0, 0.1) is 0 Å². The number of rotatable bonds is 7. The number of aliphatic hydroxyl groups excluding tert-OH is 1. The molecule has 0 aliphatic rings. The Balaban J connectivity index is 1.52. The summed E-state index contributed by atoms with van der Waals surface area (Å²) >= 11 is 2.46. The second-order valence-electron chi connectivity index (χ2n) is 7.21. The first kappa shape index (κ1) is 23.8. The molecule has 34 heavy (non-hydrogen) atoms. The minimum absolute atomic E-state index is 0.0508. The van der Waals surface area contributed by atoms with Gasteiger partial charge in [-0.15, -0.1) is 11.3 Å². The normalized spacial score (nSPS) is 12.5. The highest BCUT2D eigenvalue weighted by Crippen LogP contribution is 2.33. The first-order chi connectivity index (χ1) is 16.2. The van der Waals surface area contributed by atoms with Crippen LogP contribution in [0.3, 0.4) is 0 Å². The molecule has 2 aromatic heterocycles. The summed E-state index contributed by atoms with van der Waals surface area (Å²) < 4.78 is 39.9. The molecule has 0 bridgehead atoms. The molecule has 0 aliphatic heterocycles. The number of aromatic nitrogens is 2. The Hall–Kier alpha value is -3.35. The Morgan fingerprint density at radius 2 is 1.94 bits per heavy atom. The van der Waals surface area contributed by atoms with Gasteiger partial charge < -0.3 is 15.7 Å². The van der Waals surface area contributed by atoms with Gasteiger partial charge in [-0.1, -0.05) is 29.5 Å². The van der Waals surface area contributed by atoms with Crippen molar-refractivity contribution in [2.75, 3.05) is 17.2 Å². The van der Waals surface area contributed by atoms with E-state index in [0.717, 1.165) is 23.5 Å². The number of carbonyl (C=O) groups is 2. The van der Waals surface area contributed by atoms with E-state index >= 15 is 0 Å². The maximum absolute atomic E-state index is 13.1. The van der Waals surface area contributed by atoms with Crippen molar-refractivity contribution in [3.8, 4) is 0 Å². The van der Waals surface area contributed by atoms with E-state index in [-0.39, 0.29) is 29.6 Å². The van der Waals surface area contributed by atoms with Crippen molar-refractivity contribution in [3.63, 3.8) is 0 Å². The van der Waals surface area contributed by atoms with Gasteiger partial charge in [0.15, 0.2) is 5.13 Å². The number of nitrogens with one attached hydrogen (secondary N) is 2. The molecule has 4 aromatic rings. The zero-order chi connectivity index (χ0) is 24.3. The fraction of sp³-hybridized carbons (Fsp3) is 0.182. The van der Waals surface area contributed by atoms with Gasteiger partial charge in [0.25, 0.3) is 5.91 Å². The molecule has 0 radical (unpaired) electrons. The molecule has 2 amide bonds. The standard InChI is InChI=1S/C22H17F3N4O3S2/c23-22(24,25)13-3-1-2-12(8-13)15(6-7-30)19(31)29-21-28-16-5-4-14(9-18(16)34-21)27-20(32)17-10-33-11-26-17/h1-5,8-11,15,30H,6-7H2,(H,27,32)(H,28,29,31). The summed E-state index contributed by atoms with van der Waals surface area (Å²) in [5.74, 6) is -1.93. The van der Waals surface area contributed by atoms with Crippen LogP contribution in [0.5, 0.6) is 0 Å². The zero-order valence-electron chi connectivity index (χ0n) is 17.3. The van der Waals surface area contributed by atoms with E-state index in [1.54, 1.807) is 29.1 Å². The van der Waals surface area contributed by atoms with Crippen molar-refractivity contribution < 1.29 is 27.9 Å². The number of aliphatic hydroxyl groups is 1. The minimum Gasteiger partial charge on any atom is -0.396 e. The van der Waals surface area contributed by atoms with Gasteiger partial charge in [-0.25, -0.2) is 9.97 Å². The highest BCUT2D eigenvalue weighted by atomic mass is 32.1. The lowest BCUT2D eigenvalue weighted by Gasteiger charge is -2.17. The molecule has 2 aromatic carbocycles. The van der Waals surface area contributed by atoms with Gasteiger partial charge in [-0.05, 0) is 36.2 Å². The average molecular weight is 507 g/mol. The smallest absolute Gasteiger partial charge is 0.396 e. The third kappa shape index (κ3) is 5.41. The van der Waals surface area contributed by atoms with Crippen molar-refractivity contribution in [3.05, 3.63) is 70.2 Å². The number of carbonyl (C=O) groups excluding carboxylic acids is 2. The van der Waals surface area contributed by atoms with Crippen molar-refractivity contribution >= 4 is 55.5 Å². The number of nitrogens with zero attached hydrogens (tertiary/aromatic N) is 2. The Morgan fingerprint density at radius 3 is 2.65 bits per heavy atom. The highest BCUT2D eigenvalue weighted by Gasteiger charge is 2.32. The third-order valence-electron chi connectivity index (χ3n) is 4.89. The summed E-state index contributed by atoms with van der Waals surface area (Å²) in [7, 11) is 0. The number of hydrogen-bond donors (Lipinski definition) is 3. The minimum atomic E-state index is -4.55. The van der Waals surface area contributed by atoms with Gasteiger partial charge in [0.05, 0.1) is 27.2 Å². The predicted octanol–water partition coefficient (Wildman–Crippen LogP) is 5.13. The molecule has 0 fully saturated rings. The Bertz CT molecular complexity index is 1320. The number of halogens is 3. The largest absolute Gasteiger partial charge is 0.416 e. The first-order valence-corrected chi connectivity index (χ1v) is 11.7. The molecule has 4 rings (SSSR count). The summed E-state index contributed by atoms with van der Waals surface area (Å²) in [6.45, 7) is -0.379. The van der Waals surface area contributed by atoms with E-state index in [1.165, 1.54) is 23.5 Å². The van der Waals surface area contributed by atoms with Crippen molar-refractivity contribution in [1.29, 1.82) is 0 Å². The number of fused-ring (bicyclic) bond motifs is 1. The molecule has 3 N–H and O–H groups in total. The fourth-order valence-corrected chi connectivity index (χ4v) is 4.72. The second kappa shape index (κ2) is 9.87. The number of benzene rings is 2. The lowest BCUT2D eigenvalue weighted by atomic mass is 9.93. The molecule has 176 valence electrons. The lowest BCUT2D eigenvalue weighted by Crippen LogP contribution is -2.22. The van der Waals surface area contributed by atoms with Crippen LogP contribution in [0.15, 0.2) is 53.4 Å². The van der Waals surface area contributed by atoms with Crippen LogP contribution in [0.25, 0.3) is 10.2 Å². The van der Waals surface area contributed by atoms with E-state index in [9.17, 15) is 27.9 Å². The molecule has 12 heteroatoms. The summed E-state index contributed by atoms with van der Waals surface area (Å²) in [5.41, 5.74) is 2.23. The lowest BCUT2D eigenvalue weighted by molar-refractivity contribution is -0.137. The molecular weight excluding hydrogens is 489 g/mol. The SMILES string of the molecule is O=C(Nc1ccc2nc(NC(=O)C(CCO)c3cccc(C(F)(F)F)c3)sc2c1)c1cscn1. The number of anilines is 2. The van der Waals surface area contributed by atoms with Crippen LogP contribution in [0.1, 0.15) is 34.0 Å². The molecule has 1 atom stereocenters. The maximum Gasteiger partial charge on any atom is 0.416 e. The van der Waals surface area contributed by atoms with Crippen LogP contribution in [-0.4, -0.2) is 33.5 Å². The fourth-order valence-electron chi connectivity index (χ4n) is 3.28. The Kier molecular flexibility index (Phi) is 6.91. The molecule has 0 saturated heterocycles. The summed E-state index contributed by atoms with van der Waals surface area (Å²) in [4.78, 5) is 33.4. The number of amides is 2. The van der Waals surface area contributed by atoms with E-state index in [4.69, 9.17) is 0 Å². The quantitative estimate of drug-likeness (QED) is 0.322. The van der Waals surface area contributed by atoms with Crippen LogP contribution < -0.4 is 10.6 Å². The molecule has 0 spiro atoms. The van der Waals surface area contributed by atoms with Crippen molar-refractivity contribution in [2.45, 2.75) is 18.5 Å². The first-order valence-electron chi connectivity index (χ1n) is 9.93. The molecule has 1 unspecified atom stereocenters. The molecular formula is C22H17F3N4O3S2. The highest BCUT2D eigenvalue weighted by molar-refractivity contribution is 7.22. The van der Waals surface area contributed by atoms with E-state index in [2.05, 4.69) is 20.6 Å². The van der Waals surface area contributed by atoms with Crippen LogP contribution in [0.4, 0.5) is 24.0 Å². The molecule has 2 heterocycles. The van der Waals surface area contributed by atoms with Gasteiger partial charge in [-0.3, -0.25) is 9.59 Å². The number of thiazole rings is 2. The van der Waals surface area contributed by atoms with Crippen molar-refractivity contribution in [2.24, 2.45) is 0 Å². The third-order valence-corrected chi connectivity index (χ3v) is 6.41. The average Bonchev–Trinajstić information content (AvgIpc) is 3.46. The summed E-state index contributed by atoms with van der Waals surface area (Å²) in [5, 5.41) is 16.6. The monoisotopic (exact) mass is 506 g/mol. The van der Waals surface area contributed by atoms with Crippen molar-refractivity contribution in [1.82, 2.24) is 9.97 Å². The van der Waals surface area contributed by atoms with Crippen LogP contribution >= 0.6 is 22.7 Å². The number of hydrogen-bond acceptors (Lipinski definition) is 7. The van der Waals surface area contributed by atoms with Gasteiger partial charge >= 0.3 is 6.18 Å². The van der Waals surface area contributed by atoms with Crippen LogP contribution in [0.2, 0.25) is 0 Å². The Morgan fingerprint density at radius 1 is 1.12 bits per heavy atom.